The predicted molar refractivity (Wildman–Crippen MR) is 142 cm³/mol. The van der Waals surface area contributed by atoms with Gasteiger partial charge in [-0.2, -0.15) is 0 Å². The van der Waals surface area contributed by atoms with Crippen LogP contribution in [0, 0.1) is 13.8 Å². The summed E-state index contributed by atoms with van der Waals surface area (Å²) in [6.07, 6.45) is 8.94. The normalized spacial score (nSPS) is 13.3. The van der Waals surface area contributed by atoms with Crippen LogP contribution in [0.15, 0.2) is 103 Å². The molecule has 0 aromatic heterocycles. The van der Waals surface area contributed by atoms with Gasteiger partial charge in [0.05, 0.1) is 0 Å². The van der Waals surface area contributed by atoms with Crippen molar-refractivity contribution in [1.29, 1.82) is 0 Å². The molecular weight excluding hydrogens is 488 g/mol. The second-order valence-corrected chi connectivity index (χ2v) is 12.3. The maximum atomic E-state index is 2.38. The Hall–Kier alpha value is -2.89. The van der Waals surface area contributed by atoms with Gasteiger partial charge in [-0.25, -0.2) is 0 Å². The molecule has 1 heteroatoms. The van der Waals surface area contributed by atoms with Gasteiger partial charge in [-0.1, -0.05) is 0 Å². The summed E-state index contributed by atoms with van der Waals surface area (Å²) >= 11 is -1.11. The van der Waals surface area contributed by atoms with Crippen molar-refractivity contribution in [3.63, 3.8) is 0 Å². The van der Waals surface area contributed by atoms with Crippen molar-refractivity contribution in [2.45, 2.75) is 26.7 Å². The summed E-state index contributed by atoms with van der Waals surface area (Å²) in [5.41, 5.74) is 14.8. The van der Waals surface area contributed by atoms with Gasteiger partial charge < -0.3 is 0 Å². The molecule has 0 amide bonds. The summed E-state index contributed by atoms with van der Waals surface area (Å²) in [4.78, 5) is 0. The number of benzene rings is 4. The van der Waals surface area contributed by atoms with E-state index in [0.717, 1.165) is 12.8 Å². The fraction of sp³-hybridized carbons (Fsp3) is 0.121. The average molecular weight is 515 g/mol. The Morgan fingerprint density at radius 3 is 2.00 bits per heavy atom. The molecule has 0 fully saturated rings. The SMILES string of the molecule is Cc1c(C)c(C2=CC=CC2)c2c([c]1[Zr]=[C](c1ccccc1)c1ccccc1)Cc1ccccc1-2. The Balaban J connectivity index is 1.65. The van der Waals surface area contributed by atoms with Gasteiger partial charge in [0.15, 0.2) is 0 Å². The van der Waals surface area contributed by atoms with E-state index < -0.39 is 22.8 Å². The zero-order valence-electron chi connectivity index (χ0n) is 19.7. The Bertz CT molecular complexity index is 1440. The first-order chi connectivity index (χ1) is 16.7. The van der Waals surface area contributed by atoms with Gasteiger partial charge in [0.25, 0.3) is 0 Å². The molecule has 2 aliphatic rings. The van der Waals surface area contributed by atoms with E-state index in [9.17, 15) is 0 Å². The van der Waals surface area contributed by atoms with Crippen LogP contribution in [0.4, 0.5) is 0 Å². The first-order valence-electron chi connectivity index (χ1n) is 12.1. The fourth-order valence-corrected chi connectivity index (χ4v) is 9.46. The molecule has 4 aromatic rings. The van der Waals surface area contributed by atoms with Gasteiger partial charge in [0.1, 0.15) is 0 Å². The maximum absolute atomic E-state index is 2.38. The standard InChI is InChI=1S/C20H17.C13H10.Zr/c1-13-11-17-12-16-9-5-6-10-18(16)20(17)19(14(13)2)15-7-3-4-8-15;1-3-7-12(8-4-1)11-13-9-5-2-6-10-13;/h3-7,9-10H,8,12H2,1-2H3;1-10H;. The molecule has 0 saturated carbocycles. The topological polar surface area (TPSA) is 0 Å². The minimum atomic E-state index is -1.11. The monoisotopic (exact) mass is 513 g/mol. The van der Waals surface area contributed by atoms with E-state index in [1.807, 2.05) is 0 Å². The van der Waals surface area contributed by atoms with E-state index in [1.54, 1.807) is 12.0 Å². The average Bonchev–Trinajstić information content (AvgIpc) is 3.54. The molecule has 0 aliphatic heterocycles. The Morgan fingerprint density at radius 2 is 1.35 bits per heavy atom. The Labute approximate surface area is 213 Å². The molecule has 163 valence electrons. The zero-order valence-corrected chi connectivity index (χ0v) is 22.2. The van der Waals surface area contributed by atoms with Crippen molar-refractivity contribution in [3.8, 4) is 11.1 Å². The molecule has 4 aromatic carbocycles. The summed E-state index contributed by atoms with van der Waals surface area (Å²) in [6.45, 7) is 4.74. The van der Waals surface area contributed by atoms with Gasteiger partial charge in [-0.15, -0.1) is 0 Å². The second-order valence-electron chi connectivity index (χ2n) is 9.24. The van der Waals surface area contributed by atoms with E-state index >= 15 is 0 Å². The van der Waals surface area contributed by atoms with Crippen molar-refractivity contribution < 1.29 is 22.8 Å². The van der Waals surface area contributed by atoms with Crippen LogP contribution in [0.5, 0.6) is 0 Å². The number of hydrogen-bond donors (Lipinski definition) is 0. The molecule has 0 heterocycles. The molecule has 0 N–H and O–H groups in total. The van der Waals surface area contributed by atoms with Crippen molar-refractivity contribution in [2.75, 3.05) is 0 Å². The molecule has 6 rings (SSSR count). The molecule has 0 radical (unpaired) electrons. The zero-order chi connectivity index (χ0) is 23.1. The van der Waals surface area contributed by atoms with E-state index in [4.69, 9.17) is 0 Å². The van der Waals surface area contributed by atoms with E-state index in [-0.39, 0.29) is 0 Å². The molecule has 0 atom stereocenters. The van der Waals surface area contributed by atoms with Crippen LogP contribution in [0.3, 0.4) is 0 Å². The molecule has 0 spiro atoms. The fourth-order valence-electron chi connectivity index (χ4n) is 5.50. The van der Waals surface area contributed by atoms with Crippen LogP contribution in [0.2, 0.25) is 0 Å². The van der Waals surface area contributed by atoms with Crippen LogP contribution >= 0.6 is 0 Å². The molecule has 34 heavy (non-hydrogen) atoms. The van der Waals surface area contributed by atoms with Crippen molar-refractivity contribution in [3.05, 3.63) is 142 Å². The first kappa shape index (κ1) is 21.6. The summed E-state index contributed by atoms with van der Waals surface area (Å²) in [5.74, 6) is 0. The van der Waals surface area contributed by atoms with Crippen LogP contribution in [0.1, 0.15) is 45.4 Å². The second kappa shape index (κ2) is 9.05. The van der Waals surface area contributed by atoms with Crippen LogP contribution in [0.25, 0.3) is 16.7 Å². The van der Waals surface area contributed by atoms with E-state index in [0.29, 0.717) is 0 Å². The summed E-state index contributed by atoms with van der Waals surface area (Å²) in [5, 5.41) is 0. The quantitative estimate of drug-likeness (QED) is 0.238. The summed E-state index contributed by atoms with van der Waals surface area (Å²) < 4.78 is 3.24. The third-order valence-corrected chi connectivity index (χ3v) is 11.6. The molecule has 0 nitrogen and oxygen atoms in total. The molecule has 0 unspecified atom stereocenters. The van der Waals surface area contributed by atoms with Gasteiger partial charge in [-0.05, 0) is 0 Å². The van der Waals surface area contributed by atoms with Gasteiger partial charge in [-0.3, -0.25) is 0 Å². The van der Waals surface area contributed by atoms with Crippen molar-refractivity contribution in [2.24, 2.45) is 0 Å². The first-order valence-corrected chi connectivity index (χ1v) is 14.5. The molecule has 0 saturated heterocycles. The summed E-state index contributed by atoms with van der Waals surface area (Å²) in [7, 11) is 0. The van der Waals surface area contributed by atoms with Gasteiger partial charge in [0, 0.05) is 0 Å². The molecule has 0 bridgehead atoms. The number of allylic oxidation sites excluding steroid dienone is 4. The van der Waals surface area contributed by atoms with Crippen LogP contribution < -0.4 is 3.27 Å². The number of rotatable bonds is 4. The van der Waals surface area contributed by atoms with E-state index in [2.05, 4.69) is 117 Å². The number of fused-ring (bicyclic) bond motifs is 3. The van der Waals surface area contributed by atoms with E-state index in [1.165, 1.54) is 50.1 Å². The van der Waals surface area contributed by atoms with Crippen molar-refractivity contribution in [1.82, 2.24) is 0 Å². The molecule has 2 aliphatic carbocycles. The van der Waals surface area contributed by atoms with Crippen LogP contribution in [-0.4, -0.2) is 3.21 Å². The summed E-state index contributed by atoms with van der Waals surface area (Å²) in [6, 6.07) is 31.2. The third kappa shape index (κ3) is 3.68. The molecular formula is C33H27Zr. The minimum absolute atomic E-state index is 1.04. The Morgan fingerprint density at radius 1 is 0.706 bits per heavy atom. The predicted octanol–water partition coefficient (Wildman–Crippen LogP) is 7.19. The van der Waals surface area contributed by atoms with Crippen LogP contribution in [-0.2, 0) is 29.2 Å². The number of hydrogen-bond acceptors (Lipinski definition) is 0. The Kier molecular flexibility index (Phi) is 5.76. The van der Waals surface area contributed by atoms with Gasteiger partial charge >= 0.3 is 215 Å². The van der Waals surface area contributed by atoms with Gasteiger partial charge in [0.2, 0.25) is 0 Å². The third-order valence-electron chi connectivity index (χ3n) is 7.29. The van der Waals surface area contributed by atoms with Crippen molar-refractivity contribution >= 4 is 12.1 Å².